The van der Waals surface area contributed by atoms with Gasteiger partial charge in [0.15, 0.2) is 0 Å². The summed E-state index contributed by atoms with van der Waals surface area (Å²) < 4.78 is 0. The first-order chi connectivity index (χ1) is 6.67. The molecular weight excluding hydrogens is 228 g/mol. The molecule has 84 valence electrons. The fourth-order valence-corrected chi connectivity index (χ4v) is 7.50. The van der Waals surface area contributed by atoms with Gasteiger partial charge in [-0.2, -0.15) is 0 Å². The second-order valence-corrected chi connectivity index (χ2v) is 12.6. The van der Waals surface area contributed by atoms with Gasteiger partial charge in [0.2, 0.25) is 0 Å². The van der Waals surface area contributed by atoms with Crippen LogP contribution in [0.2, 0.25) is 14.9 Å². The zero-order chi connectivity index (χ0) is 11.0. The number of hydrogen-bond acceptors (Lipinski definition) is 1. The van der Waals surface area contributed by atoms with Crippen molar-refractivity contribution in [2.24, 2.45) is 5.92 Å². The van der Waals surface area contributed by atoms with Gasteiger partial charge < -0.3 is 0 Å². The van der Waals surface area contributed by atoms with Gasteiger partial charge in [-0.1, -0.05) is 0 Å². The molecule has 0 aliphatic carbocycles. The molecule has 1 atom stereocenters. The van der Waals surface area contributed by atoms with Gasteiger partial charge in [-0.25, -0.2) is 0 Å². The molecule has 0 fully saturated rings. The van der Waals surface area contributed by atoms with Crippen LogP contribution in [-0.2, 0) is 0 Å². The summed E-state index contributed by atoms with van der Waals surface area (Å²) in [4.78, 5) is 7.23. The molecule has 0 radical (unpaired) electrons. The van der Waals surface area contributed by atoms with Crippen molar-refractivity contribution in [3.8, 4) is 0 Å². The molecule has 1 nitrogen and oxygen atoms in total. The van der Waals surface area contributed by atoms with Crippen molar-refractivity contribution in [2.45, 2.75) is 49.5 Å². The molecular formula is C12H28GaN. The SMILES string of the molecule is CCN(CC)CC(C)[CH2][Ga]([CH2]C)[CH2]C. The van der Waals surface area contributed by atoms with E-state index in [1.165, 1.54) is 29.6 Å². The van der Waals surface area contributed by atoms with Crippen molar-refractivity contribution >= 4 is 16.2 Å². The third kappa shape index (κ3) is 6.15. The van der Waals surface area contributed by atoms with Crippen molar-refractivity contribution in [1.29, 1.82) is 0 Å². The normalized spacial score (nSPS) is 13.3. The Morgan fingerprint density at radius 2 is 1.50 bits per heavy atom. The van der Waals surface area contributed by atoms with Crippen molar-refractivity contribution in [2.75, 3.05) is 19.6 Å². The van der Waals surface area contributed by atoms with Gasteiger partial charge in [0.1, 0.15) is 0 Å². The summed E-state index contributed by atoms with van der Waals surface area (Å²) in [6.45, 7) is 15.6. The second-order valence-electron chi connectivity index (χ2n) is 4.51. The third-order valence-corrected chi connectivity index (χ3v) is 11.3. The molecule has 0 saturated carbocycles. The quantitative estimate of drug-likeness (QED) is 0.601. The molecule has 0 rings (SSSR count). The van der Waals surface area contributed by atoms with Gasteiger partial charge in [-0.3, -0.25) is 0 Å². The van der Waals surface area contributed by atoms with Gasteiger partial charge in [0.25, 0.3) is 0 Å². The first-order valence-electron chi connectivity index (χ1n) is 6.40. The van der Waals surface area contributed by atoms with Gasteiger partial charge in [0, 0.05) is 0 Å². The molecule has 0 amide bonds. The molecule has 14 heavy (non-hydrogen) atoms. The van der Waals surface area contributed by atoms with Crippen LogP contribution in [0.1, 0.15) is 34.6 Å². The summed E-state index contributed by atoms with van der Waals surface area (Å²) >= 11 is -0.814. The average Bonchev–Trinajstić information content (AvgIpc) is 2.22. The first kappa shape index (κ1) is 14.6. The predicted molar refractivity (Wildman–Crippen MR) is 68.5 cm³/mol. The van der Waals surface area contributed by atoms with E-state index in [0.717, 1.165) is 5.92 Å². The van der Waals surface area contributed by atoms with E-state index >= 15 is 0 Å². The Morgan fingerprint density at radius 1 is 1.00 bits per heavy atom. The van der Waals surface area contributed by atoms with Crippen LogP contribution >= 0.6 is 0 Å². The van der Waals surface area contributed by atoms with E-state index < -0.39 is 16.2 Å². The Hall–Kier alpha value is 0.596. The van der Waals surface area contributed by atoms with Crippen LogP contribution in [0.25, 0.3) is 0 Å². The van der Waals surface area contributed by atoms with E-state index in [4.69, 9.17) is 0 Å². The predicted octanol–water partition coefficient (Wildman–Crippen LogP) is 3.50. The molecule has 0 aliphatic rings. The van der Waals surface area contributed by atoms with Gasteiger partial charge in [-0.15, -0.1) is 0 Å². The molecule has 0 aromatic rings. The Balaban J connectivity index is 3.77. The Morgan fingerprint density at radius 3 is 1.86 bits per heavy atom. The van der Waals surface area contributed by atoms with Crippen molar-refractivity contribution in [3.05, 3.63) is 0 Å². The van der Waals surface area contributed by atoms with Crippen LogP contribution in [0.15, 0.2) is 0 Å². The van der Waals surface area contributed by atoms with E-state index in [2.05, 4.69) is 39.5 Å². The Labute approximate surface area is 96.3 Å². The molecule has 0 saturated heterocycles. The topological polar surface area (TPSA) is 3.24 Å². The fraction of sp³-hybridized carbons (Fsp3) is 1.00. The Kier molecular flexibility index (Phi) is 9.25. The van der Waals surface area contributed by atoms with Gasteiger partial charge in [-0.05, 0) is 0 Å². The van der Waals surface area contributed by atoms with E-state index in [0.29, 0.717) is 0 Å². The molecule has 0 heterocycles. The molecule has 0 aromatic carbocycles. The molecule has 2 heteroatoms. The molecule has 0 bridgehead atoms. The van der Waals surface area contributed by atoms with E-state index in [-0.39, 0.29) is 0 Å². The number of hydrogen-bond donors (Lipinski definition) is 0. The van der Waals surface area contributed by atoms with Gasteiger partial charge >= 0.3 is 96.2 Å². The second kappa shape index (κ2) is 8.87. The summed E-state index contributed by atoms with van der Waals surface area (Å²) in [5, 5.41) is 0. The average molecular weight is 256 g/mol. The molecule has 0 spiro atoms. The first-order valence-corrected chi connectivity index (χ1v) is 11.5. The molecule has 1 unspecified atom stereocenters. The monoisotopic (exact) mass is 255 g/mol. The van der Waals surface area contributed by atoms with Crippen molar-refractivity contribution in [1.82, 2.24) is 4.90 Å². The van der Waals surface area contributed by atoms with E-state index in [1.807, 2.05) is 0 Å². The fourth-order valence-electron chi connectivity index (χ4n) is 2.19. The standard InChI is InChI=1S/C8H18N.2C2H5.Ga/c1-5-9(6-2)7-8(3)4;2*1-2;/h8H,3,5-7H2,1-2,4H3;2*1H2,2H3;. The zero-order valence-electron chi connectivity index (χ0n) is 10.8. The summed E-state index contributed by atoms with van der Waals surface area (Å²) in [7, 11) is 0. The zero-order valence-corrected chi connectivity index (χ0v) is 13.3. The van der Waals surface area contributed by atoms with Crippen LogP contribution in [0.3, 0.4) is 0 Å². The summed E-state index contributed by atoms with van der Waals surface area (Å²) in [5.41, 5.74) is 0. The Bertz CT molecular complexity index is 105. The van der Waals surface area contributed by atoms with Crippen molar-refractivity contribution < 1.29 is 0 Å². The third-order valence-electron chi connectivity index (χ3n) is 3.35. The maximum atomic E-state index is 2.56. The summed E-state index contributed by atoms with van der Waals surface area (Å²) in [6, 6.07) is 0. The summed E-state index contributed by atoms with van der Waals surface area (Å²) in [5.74, 6) is 0.944. The van der Waals surface area contributed by atoms with Crippen LogP contribution in [0, 0.1) is 5.92 Å². The van der Waals surface area contributed by atoms with Crippen LogP contribution < -0.4 is 0 Å². The molecule has 0 aromatic heterocycles. The summed E-state index contributed by atoms with van der Waals surface area (Å²) in [6.07, 6.45) is 0. The van der Waals surface area contributed by atoms with Crippen LogP contribution in [0.4, 0.5) is 0 Å². The molecule has 0 aliphatic heterocycles. The van der Waals surface area contributed by atoms with Gasteiger partial charge in [0.05, 0.1) is 0 Å². The van der Waals surface area contributed by atoms with E-state index in [1.54, 1.807) is 4.98 Å². The molecule has 0 N–H and O–H groups in total. The van der Waals surface area contributed by atoms with Crippen LogP contribution in [0.5, 0.6) is 0 Å². The number of nitrogens with zero attached hydrogens (tertiary/aromatic N) is 1. The minimum absolute atomic E-state index is 0.814. The van der Waals surface area contributed by atoms with E-state index in [9.17, 15) is 0 Å². The maximum absolute atomic E-state index is 2.56. The van der Waals surface area contributed by atoms with Crippen molar-refractivity contribution in [3.63, 3.8) is 0 Å². The number of rotatable bonds is 8. The van der Waals surface area contributed by atoms with Crippen LogP contribution in [-0.4, -0.2) is 40.8 Å². The minimum atomic E-state index is -0.814.